The molecule has 0 aliphatic heterocycles. The van der Waals surface area contributed by atoms with Crippen LogP contribution >= 0.6 is 0 Å². The minimum atomic E-state index is -0.553. The van der Waals surface area contributed by atoms with Crippen molar-refractivity contribution >= 4 is 23.6 Å². The molecule has 0 bridgehead atoms. The minimum Gasteiger partial charge on any atom is -0.447 e. The van der Waals surface area contributed by atoms with Gasteiger partial charge in [-0.2, -0.15) is 0 Å². The molecule has 0 radical (unpaired) electrons. The maximum absolute atomic E-state index is 12.7. The topological polar surface area (TPSA) is 67.9 Å². The Hall–Kier alpha value is -3.02. The van der Waals surface area contributed by atoms with Crippen molar-refractivity contribution in [1.29, 1.82) is 0 Å². The van der Waals surface area contributed by atoms with E-state index in [1.54, 1.807) is 43.0 Å². The molecule has 6 nitrogen and oxygen atoms in total. The van der Waals surface area contributed by atoms with Crippen molar-refractivity contribution in [1.82, 2.24) is 0 Å². The van der Waals surface area contributed by atoms with Gasteiger partial charge in [0.2, 0.25) is 0 Å². The molecule has 0 atom stereocenters. The number of ether oxygens (including phenoxy) is 2. The zero-order chi connectivity index (χ0) is 19.6. The molecule has 0 spiro atoms. The molecule has 144 valence electrons. The van der Waals surface area contributed by atoms with E-state index in [0.29, 0.717) is 18.0 Å². The minimum absolute atomic E-state index is 0.219. The predicted octanol–water partition coefficient (Wildman–Crippen LogP) is 5.45. The summed E-state index contributed by atoms with van der Waals surface area (Å²) in [6.45, 7) is 6.18. The van der Waals surface area contributed by atoms with Crippen LogP contribution in [0.25, 0.3) is 0 Å². The quantitative estimate of drug-likeness (QED) is 0.704. The molecule has 0 unspecified atom stereocenters. The summed E-state index contributed by atoms with van der Waals surface area (Å²) in [6.07, 6.45) is 0.601. The Kier molecular flexibility index (Phi) is 7.67. The van der Waals surface area contributed by atoms with Gasteiger partial charge in [0, 0.05) is 24.0 Å². The van der Waals surface area contributed by atoms with Gasteiger partial charge < -0.3 is 9.47 Å². The highest BCUT2D eigenvalue weighted by Crippen LogP contribution is 2.21. The first-order valence-electron chi connectivity index (χ1n) is 9.11. The van der Waals surface area contributed by atoms with Crippen LogP contribution in [0.15, 0.2) is 54.6 Å². The number of hydrogen-bond donors (Lipinski definition) is 1. The summed E-state index contributed by atoms with van der Waals surface area (Å²) in [5.74, 6) is 0.347. The molecular formula is C21H26N2O4. The van der Waals surface area contributed by atoms with Gasteiger partial charge in [-0.25, -0.2) is 9.59 Å². The van der Waals surface area contributed by atoms with Crippen LogP contribution in [-0.4, -0.2) is 24.8 Å². The van der Waals surface area contributed by atoms with Gasteiger partial charge in [-0.3, -0.25) is 10.2 Å². The van der Waals surface area contributed by atoms with E-state index in [-0.39, 0.29) is 6.10 Å². The summed E-state index contributed by atoms with van der Waals surface area (Å²) >= 11 is 0. The van der Waals surface area contributed by atoms with Gasteiger partial charge in [-0.1, -0.05) is 37.6 Å². The molecule has 0 fully saturated rings. The summed E-state index contributed by atoms with van der Waals surface area (Å²) in [5.41, 5.74) is 1.27. The monoisotopic (exact) mass is 370 g/mol. The third-order valence-electron chi connectivity index (χ3n) is 3.65. The maximum Gasteiger partial charge on any atom is 0.419 e. The van der Waals surface area contributed by atoms with Crippen LogP contribution in [0, 0.1) is 0 Å². The number of benzene rings is 2. The standard InChI is InChI=1S/C21H26N2O4/c1-4-5-14-23(18-11-7-6-8-12-18)21(25)27-19-13-9-10-17(15-19)22-20(24)26-16(2)3/h6-13,15-16H,4-5,14H2,1-3H3,(H,22,24). The number of hydrogen-bond acceptors (Lipinski definition) is 4. The van der Waals surface area contributed by atoms with Crippen molar-refractivity contribution in [2.24, 2.45) is 0 Å². The molecular weight excluding hydrogens is 344 g/mol. The smallest absolute Gasteiger partial charge is 0.419 e. The van der Waals surface area contributed by atoms with Gasteiger partial charge in [0.15, 0.2) is 0 Å². The first-order valence-corrected chi connectivity index (χ1v) is 9.11. The number of nitrogens with zero attached hydrogens (tertiary/aromatic N) is 1. The lowest BCUT2D eigenvalue weighted by atomic mass is 10.2. The van der Waals surface area contributed by atoms with E-state index in [4.69, 9.17) is 9.47 Å². The van der Waals surface area contributed by atoms with E-state index in [0.717, 1.165) is 18.5 Å². The van der Waals surface area contributed by atoms with Crippen molar-refractivity contribution in [3.05, 3.63) is 54.6 Å². The number of rotatable bonds is 7. The van der Waals surface area contributed by atoms with Crippen molar-refractivity contribution in [2.45, 2.75) is 39.7 Å². The summed E-state index contributed by atoms with van der Waals surface area (Å²) < 4.78 is 10.6. The van der Waals surface area contributed by atoms with Gasteiger partial charge >= 0.3 is 12.2 Å². The average Bonchev–Trinajstić information content (AvgIpc) is 2.62. The average molecular weight is 370 g/mol. The van der Waals surface area contributed by atoms with E-state index in [1.165, 1.54) is 0 Å². The number of para-hydroxylation sites is 1. The molecule has 2 rings (SSSR count). The molecule has 2 aromatic rings. The zero-order valence-electron chi connectivity index (χ0n) is 16.0. The Labute approximate surface area is 160 Å². The highest BCUT2D eigenvalue weighted by atomic mass is 16.6. The fraction of sp³-hybridized carbons (Fsp3) is 0.333. The highest BCUT2D eigenvalue weighted by molar-refractivity contribution is 5.89. The third kappa shape index (κ3) is 6.66. The van der Waals surface area contributed by atoms with E-state index < -0.39 is 12.2 Å². The largest absolute Gasteiger partial charge is 0.447 e. The molecule has 0 heterocycles. The van der Waals surface area contributed by atoms with Crippen molar-refractivity contribution in [2.75, 3.05) is 16.8 Å². The van der Waals surface area contributed by atoms with Crippen LogP contribution in [0.3, 0.4) is 0 Å². The van der Waals surface area contributed by atoms with Gasteiger partial charge in [0.05, 0.1) is 6.10 Å². The van der Waals surface area contributed by atoms with Gasteiger partial charge in [-0.05, 0) is 44.5 Å². The van der Waals surface area contributed by atoms with Crippen LogP contribution in [0.1, 0.15) is 33.6 Å². The summed E-state index contributed by atoms with van der Waals surface area (Å²) in [4.78, 5) is 26.0. The van der Waals surface area contributed by atoms with Gasteiger partial charge in [0.25, 0.3) is 0 Å². The number of anilines is 2. The van der Waals surface area contributed by atoms with Crippen LogP contribution in [-0.2, 0) is 4.74 Å². The molecule has 0 aliphatic rings. The molecule has 0 aliphatic carbocycles. The second-order valence-electron chi connectivity index (χ2n) is 6.32. The Bertz CT molecular complexity index is 747. The number of amides is 2. The van der Waals surface area contributed by atoms with Gasteiger partial charge in [-0.15, -0.1) is 0 Å². The Morgan fingerprint density at radius 3 is 2.48 bits per heavy atom. The molecule has 1 N–H and O–H groups in total. The van der Waals surface area contributed by atoms with Crippen LogP contribution < -0.4 is 15.0 Å². The van der Waals surface area contributed by atoms with E-state index in [2.05, 4.69) is 12.2 Å². The lowest BCUT2D eigenvalue weighted by Gasteiger charge is -2.22. The summed E-state index contributed by atoms with van der Waals surface area (Å²) in [7, 11) is 0. The normalized spacial score (nSPS) is 10.4. The maximum atomic E-state index is 12.7. The Balaban J connectivity index is 2.08. The summed E-state index contributed by atoms with van der Waals surface area (Å²) in [5, 5.41) is 2.62. The molecule has 0 saturated heterocycles. The van der Waals surface area contributed by atoms with E-state index >= 15 is 0 Å². The lowest BCUT2D eigenvalue weighted by Crippen LogP contribution is -2.34. The third-order valence-corrected chi connectivity index (χ3v) is 3.65. The molecule has 0 saturated carbocycles. The lowest BCUT2D eigenvalue weighted by molar-refractivity contribution is 0.130. The molecule has 0 aromatic heterocycles. The fourth-order valence-corrected chi connectivity index (χ4v) is 2.40. The second kappa shape index (κ2) is 10.2. The summed E-state index contributed by atoms with van der Waals surface area (Å²) in [6, 6.07) is 16.1. The Morgan fingerprint density at radius 2 is 1.81 bits per heavy atom. The van der Waals surface area contributed by atoms with Gasteiger partial charge in [0.1, 0.15) is 5.75 Å². The van der Waals surface area contributed by atoms with Crippen molar-refractivity contribution < 1.29 is 19.1 Å². The van der Waals surface area contributed by atoms with Crippen LogP contribution in [0.4, 0.5) is 21.0 Å². The highest BCUT2D eigenvalue weighted by Gasteiger charge is 2.17. The number of carbonyl (C=O) groups excluding carboxylic acids is 2. The fourth-order valence-electron chi connectivity index (χ4n) is 2.40. The predicted molar refractivity (Wildman–Crippen MR) is 106 cm³/mol. The van der Waals surface area contributed by atoms with E-state index in [9.17, 15) is 9.59 Å². The second-order valence-corrected chi connectivity index (χ2v) is 6.32. The van der Waals surface area contributed by atoms with Crippen LogP contribution in [0.2, 0.25) is 0 Å². The first-order chi connectivity index (χ1) is 13.0. The number of unbranched alkanes of at least 4 members (excludes halogenated alkanes) is 1. The first kappa shape index (κ1) is 20.3. The molecule has 27 heavy (non-hydrogen) atoms. The molecule has 2 aromatic carbocycles. The number of nitrogens with one attached hydrogen (secondary N) is 1. The van der Waals surface area contributed by atoms with Crippen molar-refractivity contribution in [3.8, 4) is 5.75 Å². The van der Waals surface area contributed by atoms with Crippen LogP contribution in [0.5, 0.6) is 5.75 Å². The zero-order valence-corrected chi connectivity index (χ0v) is 16.0. The molecule has 6 heteroatoms. The van der Waals surface area contributed by atoms with E-state index in [1.807, 2.05) is 30.3 Å². The van der Waals surface area contributed by atoms with Crippen molar-refractivity contribution in [3.63, 3.8) is 0 Å². The molecule has 2 amide bonds. The SMILES string of the molecule is CCCCN(C(=O)Oc1cccc(NC(=O)OC(C)C)c1)c1ccccc1. The number of carbonyl (C=O) groups is 2. The Morgan fingerprint density at radius 1 is 1.07 bits per heavy atom.